The minimum Gasteiger partial charge on any atom is -0.868 e. The van der Waals surface area contributed by atoms with E-state index in [1.54, 1.807) is 12.1 Å². The summed E-state index contributed by atoms with van der Waals surface area (Å²) >= 11 is 0. The minimum absolute atomic E-state index is 0. The zero-order valence-electron chi connectivity index (χ0n) is 15.9. The molecule has 0 bridgehead atoms. The van der Waals surface area contributed by atoms with Gasteiger partial charge < -0.3 is 19.7 Å². The summed E-state index contributed by atoms with van der Waals surface area (Å²) in [5.74, 6) is 0.137. The van der Waals surface area contributed by atoms with E-state index in [0.29, 0.717) is 23.9 Å². The summed E-state index contributed by atoms with van der Waals surface area (Å²) in [6.45, 7) is 0. The van der Waals surface area contributed by atoms with Crippen LogP contribution in [0.1, 0.15) is 11.4 Å². The maximum atomic E-state index is 12.4. The first-order valence-corrected chi connectivity index (χ1v) is 8.88. The number of nitrogens with zero attached hydrogens (tertiary/aromatic N) is 2. The van der Waals surface area contributed by atoms with Crippen molar-refractivity contribution in [2.24, 2.45) is 0 Å². The van der Waals surface area contributed by atoms with Gasteiger partial charge in [-0.1, -0.05) is 12.1 Å². The summed E-state index contributed by atoms with van der Waals surface area (Å²) in [4.78, 5) is 9.01. The number of aromatic nitrogens is 2. The summed E-state index contributed by atoms with van der Waals surface area (Å²) in [6.07, 6.45) is 1.20. The van der Waals surface area contributed by atoms with E-state index < -0.39 is 0 Å². The van der Waals surface area contributed by atoms with Crippen molar-refractivity contribution < 1.29 is 36.8 Å². The van der Waals surface area contributed by atoms with Crippen molar-refractivity contribution in [3.8, 4) is 23.0 Å². The third-order valence-corrected chi connectivity index (χ3v) is 4.75. The molecule has 6 nitrogen and oxygen atoms in total. The Morgan fingerprint density at radius 2 is 1.03 bits per heavy atom. The largest absolute Gasteiger partial charge is 2.00 e. The first-order valence-electron chi connectivity index (χ1n) is 8.88. The van der Waals surface area contributed by atoms with Crippen molar-refractivity contribution in [3.05, 3.63) is 59.9 Å². The molecule has 7 heteroatoms. The van der Waals surface area contributed by atoms with Crippen LogP contribution in [0.5, 0.6) is 23.0 Å². The molecular formula is C22H18CuN2O4. The van der Waals surface area contributed by atoms with Gasteiger partial charge >= 0.3 is 17.1 Å². The monoisotopic (exact) mass is 437 g/mol. The van der Waals surface area contributed by atoms with Crippen molar-refractivity contribution in [2.45, 2.75) is 12.8 Å². The molecule has 151 valence electrons. The molecule has 2 heterocycles. The standard InChI is InChI=1S/C22H20N2O4.Cu/c1-27-17-11-5-13-3-7-15(23-19(13)21(17)25)9-10-16-8-4-14-6-12-18(28-2)22(26)20(14)24-16;/h3-8,11-12,25-26H,9-10H2,1-2H3;/q;+2/p-2. The van der Waals surface area contributed by atoms with E-state index in [2.05, 4.69) is 9.97 Å². The first-order chi connectivity index (χ1) is 13.6. The number of hydrogen-bond acceptors (Lipinski definition) is 6. The molecule has 0 fully saturated rings. The number of methoxy groups -OCH3 is 2. The Morgan fingerprint density at radius 3 is 1.41 bits per heavy atom. The molecule has 4 aromatic rings. The second-order valence-electron chi connectivity index (χ2n) is 6.44. The maximum absolute atomic E-state index is 12.4. The van der Waals surface area contributed by atoms with E-state index in [1.807, 2.05) is 36.4 Å². The Kier molecular flexibility index (Phi) is 6.11. The Bertz CT molecular complexity index is 1090. The summed E-state index contributed by atoms with van der Waals surface area (Å²) < 4.78 is 10.2. The summed E-state index contributed by atoms with van der Waals surface area (Å²) in [6, 6.07) is 14.5. The molecule has 0 amide bonds. The normalized spacial score (nSPS) is 10.7. The fourth-order valence-electron chi connectivity index (χ4n) is 3.23. The van der Waals surface area contributed by atoms with Gasteiger partial charge in [-0.3, -0.25) is 9.97 Å². The SMILES string of the molecule is COc1ccc2ccc(CCc3ccc4ccc(OC)c([O-])c4n3)nc2c1[O-].[Cu+2]. The zero-order chi connectivity index (χ0) is 19.7. The van der Waals surface area contributed by atoms with Gasteiger partial charge in [0.1, 0.15) is 11.5 Å². The molecule has 0 spiro atoms. The number of hydrogen-bond donors (Lipinski definition) is 0. The van der Waals surface area contributed by atoms with E-state index in [0.717, 1.165) is 22.2 Å². The van der Waals surface area contributed by atoms with Gasteiger partial charge in [-0.05, 0) is 71.5 Å². The zero-order valence-corrected chi connectivity index (χ0v) is 16.8. The van der Waals surface area contributed by atoms with Crippen LogP contribution in [0.3, 0.4) is 0 Å². The van der Waals surface area contributed by atoms with Gasteiger partial charge in [-0.25, -0.2) is 0 Å². The molecule has 0 atom stereocenters. The van der Waals surface area contributed by atoms with Crippen molar-refractivity contribution in [2.75, 3.05) is 14.2 Å². The van der Waals surface area contributed by atoms with Crippen LogP contribution in [0.4, 0.5) is 0 Å². The summed E-state index contributed by atoms with van der Waals surface area (Å²) in [7, 11) is 2.94. The number of ether oxygens (including phenoxy) is 2. The van der Waals surface area contributed by atoms with Crippen LogP contribution in [0.25, 0.3) is 21.8 Å². The van der Waals surface area contributed by atoms with Gasteiger partial charge in [0.05, 0.1) is 25.3 Å². The fourth-order valence-corrected chi connectivity index (χ4v) is 3.23. The van der Waals surface area contributed by atoms with E-state index in [9.17, 15) is 10.2 Å². The quantitative estimate of drug-likeness (QED) is 0.446. The van der Waals surface area contributed by atoms with Crippen LogP contribution in [-0.2, 0) is 29.9 Å². The number of rotatable bonds is 5. The van der Waals surface area contributed by atoms with E-state index in [1.165, 1.54) is 14.2 Å². The molecule has 0 aliphatic rings. The topological polar surface area (TPSA) is 90.4 Å². The molecule has 4 rings (SSSR count). The van der Waals surface area contributed by atoms with Crippen molar-refractivity contribution in [1.29, 1.82) is 0 Å². The molecule has 0 saturated carbocycles. The average molecular weight is 438 g/mol. The smallest absolute Gasteiger partial charge is 0.868 e. The molecule has 0 saturated heterocycles. The van der Waals surface area contributed by atoms with Crippen molar-refractivity contribution >= 4 is 21.8 Å². The molecule has 2 aromatic carbocycles. The number of aryl methyl sites for hydroxylation is 2. The van der Waals surface area contributed by atoms with Crippen LogP contribution in [-0.4, -0.2) is 24.2 Å². The van der Waals surface area contributed by atoms with Crippen LogP contribution in [0.15, 0.2) is 48.5 Å². The third-order valence-electron chi connectivity index (χ3n) is 4.75. The van der Waals surface area contributed by atoms with E-state index >= 15 is 0 Å². The van der Waals surface area contributed by atoms with Crippen molar-refractivity contribution in [3.63, 3.8) is 0 Å². The van der Waals surface area contributed by atoms with Gasteiger partial charge in [0, 0.05) is 11.4 Å². The van der Waals surface area contributed by atoms with Gasteiger partial charge in [0.2, 0.25) is 0 Å². The molecule has 0 N–H and O–H groups in total. The first kappa shape index (κ1) is 20.7. The van der Waals surface area contributed by atoms with E-state index in [-0.39, 0.29) is 40.1 Å². The Labute approximate surface area is 178 Å². The number of fused-ring (bicyclic) bond motifs is 2. The molecule has 29 heavy (non-hydrogen) atoms. The van der Waals surface area contributed by atoms with Crippen molar-refractivity contribution in [1.82, 2.24) is 9.97 Å². The Balaban J connectivity index is 0.00000240. The van der Waals surface area contributed by atoms with Gasteiger partial charge in [-0.15, -0.1) is 0 Å². The van der Waals surface area contributed by atoms with Gasteiger partial charge in [0.25, 0.3) is 0 Å². The van der Waals surface area contributed by atoms with Crippen LogP contribution in [0.2, 0.25) is 0 Å². The molecule has 2 aromatic heterocycles. The molecule has 0 aliphatic carbocycles. The fraction of sp³-hybridized carbons (Fsp3) is 0.182. The molecular weight excluding hydrogens is 420 g/mol. The van der Waals surface area contributed by atoms with Crippen LogP contribution < -0.4 is 19.7 Å². The Morgan fingerprint density at radius 1 is 0.655 bits per heavy atom. The predicted octanol–water partition coefficient (Wildman–Crippen LogP) is 2.73. The molecule has 0 aliphatic heterocycles. The molecule has 0 unspecified atom stereocenters. The maximum Gasteiger partial charge on any atom is 2.00 e. The number of benzene rings is 2. The van der Waals surface area contributed by atoms with Crippen LogP contribution in [0, 0.1) is 0 Å². The number of pyridine rings is 2. The molecule has 1 radical (unpaired) electrons. The van der Waals surface area contributed by atoms with Crippen LogP contribution >= 0.6 is 0 Å². The second kappa shape index (κ2) is 8.55. The minimum atomic E-state index is -0.214. The average Bonchev–Trinajstić information content (AvgIpc) is 2.73. The predicted molar refractivity (Wildman–Crippen MR) is 103 cm³/mol. The second-order valence-corrected chi connectivity index (χ2v) is 6.44. The summed E-state index contributed by atoms with van der Waals surface area (Å²) in [5, 5.41) is 26.3. The van der Waals surface area contributed by atoms with E-state index in [4.69, 9.17) is 9.47 Å². The van der Waals surface area contributed by atoms with Gasteiger partial charge in [0.15, 0.2) is 0 Å². The Hall–Kier alpha value is -3.02. The third kappa shape index (κ3) is 3.92. The van der Waals surface area contributed by atoms with Gasteiger partial charge in [-0.2, -0.15) is 0 Å². The summed E-state index contributed by atoms with van der Waals surface area (Å²) in [5.41, 5.74) is 2.37.